The Morgan fingerprint density at radius 2 is 1.90 bits per heavy atom. The van der Waals surface area contributed by atoms with E-state index in [4.69, 9.17) is 9.84 Å². The van der Waals surface area contributed by atoms with Crippen LogP contribution in [0.3, 0.4) is 0 Å². The number of aromatic carboxylic acids is 1. The van der Waals surface area contributed by atoms with E-state index in [1.54, 1.807) is 12.1 Å². The fourth-order valence-corrected chi connectivity index (χ4v) is 2.33. The van der Waals surface area contributed by atoms with Crippen molar-refractivity contribution >= 4 is 12.1 Å². The molecule has 0 spiro atoms. The lowest BCUT2D eigenvalue weighted by molar-refractivity contribution is 0.0506. The van der Waals surface area contributed by atoms with Crippen LogP contribution >= 0.6 is 0 Å². The van der Waals surface area contributed by atoms with Crippen molar-refractivity contribution in [1.82, 2.24) is 5.32 Å². The molecule has 1 aliphatic rings. The van der Waals surface area contributed by atoms with Gasteiger partial charge in [0.25, 0.3) is 0 Å². The lowest BCUT2D eigenvalue weighted by atomic mass is 10.1. The van der Waals surface area contributed by atoms with Gasteiger partial charge in [0.2, 0.25) is 0 Å². The van der Waals surface area contributed by atoms with Gasteiger partial charge in [0.05, 0.1) is 5.56 Å². The number of hydrogen-bond donors (Lipinski definition) is 2. The maximum Gasteiger partial charge on any atom is 0.407 e. The molecule has 0 saturated heterocycles. The minimum atomic E-state index is -0.934. The predicted octanol–water partition coefficient (Wildman–Crippen LogP) is 2.38. The number of rotatable bonds is 2. The summed E-state index contributed by atoms with van der Waals surface area (Å²) >= 11 is 0. The van der Waals surface area contributed by atoms with Crippen molar-refractivity contribution < 1.29 is 19.4 Å². The monoisotopic (exact) mass is 277 g/mol. The molecule has 0 aliphatic heterocycles. The number of benzene rings is 1. The molecule has 0 unspecified atom stereocenters. The van der Waals surface area contributed by atoms with Crippen molar-refractivity contribution in [2.24, 2.45) is 0 Å². The summed E-state index contributed by atoms with van der Waals surface area (Å²) in [5.41, 5.74) is 1.81. The fraction of sp³-hybridized carbons (Fsp3) is 0.467. The van der Waals surface area contributed by atoms with E-state index in [1.807, 2.05) is 26.8 Å². The lowest BCUT2D eigenvalue weighted by Gasteiger charge is -2.21. The molecule has 5 nitrogen and oxygen atoms in total. The van der Waals surface area contributed by atoms with Crippen LogP contribution < -0.4 is 5.32 Å². The minimum Gasteiger partial charge on any atom is -0.478 e. The summed E-state index contributed by atoms with van der Waals surface area (Å²) in [5.74, 6) is -0.934. The Labute approximate surface area is 117 Å². The zero-order valence-corrected chi connectivity index (χ0v) is 11.9. The van der Waals surface area contributed by atoms with E-state index in [1.165, 1.54) is 0 Å². The second kappa shape index (κ2) is 5.15. The fourth-order valence-electron chi connectivity index (χ4n) is 2.33. The maximum absolute atomic E-state index is 11.7. The smallest absolute Gasteiger partial charge is 0.407 e. The molecule has 1 amide bonds. The number of carboxylic acids is 1. The number of amides is 1. The number of carbonyl (C=O) groups is 2. The first-order valence-corrected chi connectivity index (χ1v) is 6.59. The van der Waals surface area contributed by atoms with Gasteiger partial charge in [-0.2, -0.15) is 0 Å². The highest BCUT2D eigenvalue weighted by atomic mass is 16.6. The number of alkyl carbamates (subject to hydrolysis) is 1. The van der Waals surface area contributed by atoms with Gasteiger partial charge >= 0.3 is 12.1 Å². The maximum atomic E-state index is 11.7. The van der Waals surface area contributed by atoms with Crippen LogP contribution in [0, 0.1) is 0 Å². The molecule has 1 aromatic rings. The third kappa shape index (κ3) is 3.50. The summed E-state index contributed by atoms with van der Waals surface area (Å²) in [7, 11) is 0. The normalized spacial score (nSPS) is 17.4. The van der Waals surface area contributed by atoms with Crippen molar-refractivity contribution in [1.29, 1.82) is 0 Å². The van der Waals surface area contributed by atoms with Crippen LogP contribution in [-0.4, -0.2) is 28.8 Å². The van der Waals surface area contributed by atoms with E-state index in [2.05, 4.69) is 5.32 Å². The summed E-state index contributed by atoms with van der Waals surface area (Å²) in [5, 5.41) is 11.8. The molecule has 0 saturated carbocycles. The molecule has 0 radical (unpaired) electrons. The zero-order chi connectivity index (χ0) is 14.9. The second-order valence-electron chi connectivity index (χ2n) is 6.04. The standard InChI is InChI=1S/C15H19NO4/c1-15(2,3)20-14(19)16-12-7-9-4-5-10(13(17)18)6-11(9)8-12/h4-6,12H,7-8H2,1-3H3,(H,16,19)(H,17,18)/t12-/m0/s1. The van der Waals surface area contributed by atoms with E-state index in [9.17, 15) is 9.59 Å². The van der Waals surface area contributed by atoms with Gasteiger partial charge in [-0.05, 0) is 56.9 Å². The van der Waals surface area contributed by atoms with Crippen LogP contribution in [0.25, 0.3) is 0 Å². The van der Waals surface area contributed by atoms with Crippen LogP contribution in [0.4, 0.5) is 4.79 Å². The number of carboxylic acid groups (broad SMARTS) is 1. The highest BCUT2D eigenvalue weighted by Crippen LogP contribution is 2.24. The molecule has 108 valence electrons. The first-order chi connectivity index (χ1) is 9.24. The Bertz CT molecular complexity index is 545. The van der Waals surface area contributed by atoms with Crippen molar-refractivity contribution in [3.8, 4) is 0 Å². The molecular weight excluding hydrogens is 258 g/mol. The van der Waals surface area contributed by atoms with E-state index < -0.39 is 17.7 Å². The second-order valence-corrected chi connectivity index (χ2v) is 6.04. The molecule has 2 rings (SSSR count). The quantitative estimate of drug-likeness (QED) is 0.870. The van der Waals surface area contributed by atoms with Crippen LogP contribution in [0.2, 0.25) is 0 Å². The van der Waals surface area contributed by atoms with Crippen LogP contribution in [0.15, 0.2) is 18.2 Å². The van der Waals surface area contributed by atoms with Crippen LogP contribution in [-0.2, 0) is 17.6 Å². The number of hydrogen-bond acceptors (Lipinski definition) is 3. The van der Waals surface area contributed by atoms with Gasteiger partial charge in [0.15, 0.2) is 0 Å². The van der Waals surface area contributed by atoms with Gasteiger partial charge in [-0.1, -0.05) is 6.07 Å². The summed E-state index contributed by atoms with van der Waals surface area (Å²) in [6.45, 7) is 5.44. The molecular formula is C15H19NO4. The zero-order valence-electron chi connectivity index (χ0n) is 11.9. The molecule has 2 N–H and O–H groups in total. The van der Waals surface area contributed by atoms with E-state index in [0.29, 0.717) is 12.8 Å². The van der Waals surface area contributed by atoms with Crippen molar-refractivity contribution in [3.63, 3.8) is 0 Å². The highest BCUT2D eigenvalue weighted by molar-refractivity contribution is 5.88. The van der Waals surface area contributed by atoms with Gasteiger partial charge < -0.3 is 15.2 Å². The van der Waals surface area contributed by atoms with Crippen molar-refractivity contribution in [2.75, 3.05) is 0 Å². The third-order valence-corrected chi connectivity index (χ3v) is 3.11. The average Bonchev–Trinajstić information content (AvgIpc) is 2.66. The predicted molar refractivity (Wildman–Crippen MR) is 74.0 cm³/mol. The first-order valence-electron chi connectivity index (χ1n) is 6.59. The number of ether oxygens (including phenoxy) is 1. The topological polar surface area (TPSA) is 75.6 Å². The Balaban J connectivity index is 1.99. The average molecular weight is 277 g/mol. The van der Waals surface area contributed by atoms with Gasteiger partial charge in [-0.3, -0.25) is 0 Å². The van der Waals surface area contributed by atoms with E-state index >= 15 is 0 Å². The lowest BCUT2D eigenvalue weighted by Crippen LogP contribution is -2.39. The molecule has 1 aliphatic carbocycles. The first kappa shape index (κ1) is 14.4. The molecule has 20 heavy (non-hydrogen) atoms. The Morgan fingerprint density at radius 1 is 1.25 bits per heavy atom. The number of nitrogens with one attached hydrogen (secondary N) is 1. The SMILES string of the molecule is CC(C)(C)OC(=O)N[C@H]1Cc2ccc(C(=O)O)cc2C1. The third-order valence-electron chi connectivity index (χ3n) is 3.11. The summed E-state index contributed by atoms with van der Waals surface area (Å²) in [4.78, 5) is 22.6. The molecule has 0 fully saturated rings. The molecule has 1 aromatic carbocycles. The summed E-state index contributed by atoms with van der Waals surface area (Å²) in [6, 6.07) is 5.05. The van der Waals surface area contributed by atoms with E-state index in [-0.39, 0.29) is 11.6 Å². The largest absolute Gasteiger partial charge is 0.478 e. The van der Waals surface area contributed by atoms with Crippen LogP contribution in [0.5, 0.6) is 0 Å². The summed E-state index contributed by atoms with van der Waals surface area (Å²) < 4.78 is 5.22. The van der Waals surface area contributed by atoms with Gasteiger partial charge in [0.1, 0.15) is 5.60 Å². The summed E-state index contributed by atoms with van der Waals surface area (Å²) in [6.07, 6.45) is 0.901. The van der Waals surface area contributed by atoms with Gasteiger partial charge in [0, 0.05) is 6.04 Å². The molecule has 1 atom stereocenters. The molecule has 0 bridgehead atoms. The van der Waals surface area contributed by atoms with Crippen molar-refractivity contribution in [3.05, 3.63) is 34.9 Å². The van der Waals surface area contributed by atoms with Gasteiger partial charge in [-0.15, -0.1) is 0 Å². The Kier molecular flexibility index (Phi) is 3.70. The Morgan fingerprint density at radius 3 is 2.50 bits per heavy atom. The number of carbonyl (C=O) groups excluding carboxylic acids is 1. The van der Waals surface area contributed by atoms with Crippen molar-refractivity contribution in [2.45, 2.75) is 45.3 Å². The van der Waals surface area contributed by atoms with Gasteiger partial charge in [-0.25, -0.2) is 9.59 Å². The minimum absolute atomic E-state index is 0.0381. The molecule has 5 heteroatoms. The number of fused-ring (bicyclic) bond motifs is 1. The molecule has 0 aromatic heterocycles. The van der Waals surface area contributed by atoms with Crippen LogP contribution in [0.1, 0.15) is 42.3 Å². The molecule has 0 heterocycles. The van der Waals surface area contributed by atoms with E-state index in [0.717, 1.165) is 11.1 Å². The Hall–Kier alpha value is -2.04. The highest BCUT2D eigenvalue weighted by Gasteiger charge is 2.25.